The first kappa shape index (κ1) is 18.4. The minimum Gasteiger partial charge on any atom is -0.457 e. The molecule has 1 heterocycles. The molecule has 4 nitrogen and oxygen atoms in total. The maximum Gasteiger partial charge on any atom is 0.238 e. The topological polar surface area (TPSA) is 46.6 Å². The molecular weight excluding hydrogens is 486 g/mol. The summed E-state index contributed by atoms with van der Waals surface area (Å²) in [5.41, 5.74) is 1.75. The highest BCUT2D eigenvalue weighted by Gasteiger charge is 2.66. The Labute approximate surface area is 180 Å². The van der Waals surface area contributed by atoms with E-state index in [-0.39, 0.29) is 45.1 Å². The predicted molar refractivity (Wildman–Crippen MR) is 114 cm³/mol. The Morgan fingerprint density at radius 1 is 0.893 bits per heavy atom. The van der Waals surface area contributed by atoms with Gasteiger partial charge in [-0.2, -0.15) is 0 Å². The van der Waals surface area contributed by atoms with Gasteiger partial charge in [0.1, 0.15) is 11.5 Å². The molecule has 6 heteroatoms. The summed E-state index contributed by atoms with van der Waals surface area (Å²) in [4.78, 5) is 28.1. The fourth-order valence-corrected chi connectivity index (χ4v) is 6.95. The summed E-state index contributed by atoms with van der Waals surface area (Å²) >= 11 is 7.44. The first-order chi connectivity index (χ1) is 13.5. The third-order valence-corrected chi connectivity index (χ3v) is 9.51. The highest BCUT2D eigenvalue weighted by molar-refractivity contribution is 9.12. The van der Waals surface area contributed by atoms with Gasteiger partial charge in [0, 0.05) is 9.65 Å². The maximum atomic E-state index is 13.1. The Hall–Kier alpha value is -1.66. The number of fused-ring (bicyclic) bond motifs is 5. The molecule has 2 aromatic rings. The van der Waals surface area contributed by atoms with Crippen LogP contribution >= 0.6 is 31.9 Å². The second-order valence-electron chi connectivity index (χ2n) is 7.93. The lowest BCUT2D eigenvalue weighted by atomic mass is 9.81. The number of rotatable bonds is 3. The average molecular weight is 505 g/mol. The van der Waals surface area contributed by atoms with Gasteiger partial charge in [-0.05, 0) is 67.1 Å². The Morgan fingerprint density at radius 2 is 1.50 bits per heavy atom. The van der Waals surface area contributed by atoms with Crippen molar-refractivity contribution in [3.63, 3.8) is 0 Å². The summed E-state index contributed by atoms with van der Waals surface area (Å²) in [6, 6.07) is 15.0. The van der Waals surface area contributed by atoms with Gasteiger partial charge in [0.2, 0.25) is 11.8 Å². The minimum absolute atomic E-state index is 0.0568. The number of imide groups is 1. The first-order valence-electron chi connectivity index (χ1n) is 9.46. The second-order valence-corrected chi connectivity index (χ2v) is 10.0. The normalized spacial score (nSPS) is 33.5. The van der Waals surface area contributed by atoms with E-state index in [1.807, 2.05) is 43.3 Å². The van der Waals surface area contributed by atoms with Crippen LogP contribution in [-0.4, -0.2) is 21.5 Å². The molecule has 0 spiro atoms. The molecule has 2 saturated carbocycles. The summed E-state index contributed by atoms with van der Waals surface area (Å²) in [7, 11) is 0. The zero-order chi connectivity index (χ0) is 19.6. The number of hydrogen-bond acceptors (Lipinski definition) is 3. The highest BCUT2D eigenvalue weighted by Crippen LogP contribution is 2.60. The summed E-state index contributed by atoms with van der Waals surface area (Å²) in [5, 5.41) is 0. The number of amides is 2. The van der Waals surface area contributed by atoms with Crippen molar-refractivity contribution in [1.82, 2.24) is 0 Å². The van der Waals surface area contributed by atoms with Gasteiger partial charge in [-0.25, -0.2) is 0 Å². The standard InChI is InChI=1S/C22H19Br2NO3/c1-11-3-2-4-14(9-11)28-13-7-5-12(6-8-13)25-21(26)17-15-10-16(18(17)22(25)27)20(24)19(15)23/h2-9,15-20H,10H2,1H3/t15-,16-,17-,18+,19-,20+/m0/s1. The first-order valence-corrected chi connectivity index (χ1v) is 11.3. The van der Waals surface area contributed by atoms with E-state index in [2.05, 4.69) is 31.9 Å². The van der Waals surface area contributed by atoms with Crippen molar-refractivity contribution >= 4 is 49.4 Å². The number of carbonyl (C=O) groups is 2. The molecule has 0 unspecified atom stereocenters. The van der Waals surface area contributed by atoms with Crippen molar-refractivity contribution in [1.29, 1.82) is 0 Å². The lowest BCUT2D eigenvalue weighted by Gasteiger charge is -2.28. The average Bonchev–Trinajstić information content (AvgIpc) is 3.28. The van der Waals surface area contributed by atoms with Gasteiger partial charge in [0.15, 0.2) is 0 Å². The van der Waals surface area contributed by atoms with Crippen molar-refractivity contribution in [2.75, 3.05) is 4.90 Å². The van der Waals surface area contributed by atoms with Crippen LogP contribution in [0, 0.1) is 30.6 Å². The number of nitrogens with zero attached hydrogens (tertiary/aromatic N) is 1. The van der Waals surface area contributed by atoms with Gasteiger partial charge in [-0.1, -0.05) is 44.0 Å². The lowest BCUT2D eigenvalue weighted by molar-refractivity contribution is -0.123. The van der Waals surface area contributed by atoms with Crippen LogP contribution in [0.15, 0.2) is 48.5 Å². The number of aryl methyl sites for hydroxylation is 1. The van der Waals surface area contributed by atoms with E-state index in [1.165, 1.54) is 4.90 Å². The van der Waals surface area contributed by atoms with E-state index in [0.717, 1.165) is 17.7 Å². The van der Waals surface area contributed by atoms with Crippen LogP contribution in [0.2, 0.25) is 0 Å². The number of alkyl halides is 2. The van der Waals surface area contributed by atoms with Crippen LogP contribution in [0.25, 0.3) is 0 Å². The molecule has 3 aliphatic rings. The molecule has 2 amide bonds. The van der Waals surface area contributed by atoms with Crippen molar-refractivity contribution in [2.45, 2.75) is 23.0 Å². The Balaban J connectivity index is 1.38. The van der Waals surface area contributed by atoms with Gasteiger partial charge >= 0.3 is 0 Å². The molecule has 0 N–H and O–H groups in total. The molecule has 144 valence electrons. The van der Waals surface area contributed by atoms with Gasteiger partial charge in [-0.15, -0.1) is 0 Å². The van der Waals surface area contributed by atoms with Crippen LogP contribution in [0.5, 0.6) is 11.5 Å². The monoisotopic (exact) mass is 503 g/mol. The molecule has 6 atom stereocenters. The van der Waals surface area contributed by atoms with Gasteiger partial charge < -0.3 is 4.74 Å². The molecule has 1 saturated heterocycles. The van der Waals surface area contributed by atoms with E-state index in [9.17, 15) is 9.59 Å². The highest BCUT2D eigenvalue weighted by atomic mass is 79.9. The second kappa shape index (κ2) is 6.70. The number of anilines is 1. The quantitative estimate of drug-likeness (QED) is 0.433. The van der Waals surface area contributed by atoms with Crippen LogP contribution in [0.4, 0.5) is 5.69 Å². The van der Waals surface area contributed by atoms with Crippen LogP contribution in [0.3, 0.4) is 0 Å². The summed E-state index contributed by atoms with van der Waals surface area (Å²) in [5.74, 6) is 1.39. The van der Waals surface area contributed by atoms with E-state index < -0.39 is 0 Å². The zero-order valence-electron chi connectivity index (χ0n) is 15.2. The number of halogens is 2. The third-order valence-electron chi connectivity index (χ3n) is 6.31. The lowest BCUT2D eigenvalue weighted by Crippen LogP contribution is -2.37. The number of benzene rings is 2. The Kier molecular flexibility index (Phi) is 4.40. The molecule has 0 radical (unpaired) electrons. The van der Waals surface area contributed by atoms with E-state index in [4.69, 9.17) is 4.74 Å². The third kappa shape index (κ3) is 2.68. The molecule has 28 heavy (non-hydrogen) atoms. The fraction of sp³-hybridized carbons (Fsp3) is 0.364. The van der Waals surface area contributed by atoms with Gasteiger partial charge in [0.05, 0.1) is 17.5 Å². The number of ether oxygens (including phenoxy) is 1. The number of carbonyl (C=O) groups excluding carboxylic acids is 2. The molecule has 5 rings (SSSR count). The zero-order valence-corrected chi connectivity index (χ0v) is 18.4. The Bertz CT molecular complexity index is 929. The molecule has 0 aromatic heterocycles. The van der Waals surface area contributed by atoms with Crippen molar-refractivity contribution < 1.29 is 14.3 Å². The van der Waals surface area contributed by atoms with E-state index in [1.54, 1.807) is 12.1 Å². The number of hydrogen-bond donors (Lipinski definition) is 0. The molecule has 2 bridgehead atoms. The van der Waals surface area contributed by atoms with Crippen LogP contribution in [0.1, 0.15) is 12.0 Å². The van der Waals surface area contributed by atoms with Gasteiger partial charge in [0.25, 0.3) is 0 Å². The van der Waals surface area contributed by atoms with E-state index in [0.29, 0.717) is 11.4 Å². The summed E-state index contributed by atoms with van der Waals surface area (Å²) in [6.45, 7) is 2.01. The molecule has 3 fully saturated rings. The summed E-state index contributed by atoms with van der Waals surface area (Å²) in [6.07, 6.45) is 0.940. The van der Waals surface area contributed by atoms with Crippen LogP contribution < -0.4 is 9.64 Å². The maximum absolute atomic E-state index is 13.1. The largest absolute Gasteiger partial charge is 0.457 e. The smallest absolute Gasteiger partial charge is 0.238 e. The molecular formula is C22H19Br2NO3. The molecule has 2 aliphatic carbocycles. The SMILES string of the molecule is Cc1cccc(Oc2ccc(N3C(=O)[C@@H]4[C@@H]5C[C@H]([C@H](Br)[C@@H]5Br)[C@@H]4C3=O)cc2)c1. The molecule has 1 aliphatic heterocycles. The Morgan fingerprint density at radius 3 is 2.07 bits per heavy atom. The van der Waals surface area contributed by atoms with Crippen molar-refractivity contribution in [3.05, 3.63) is 54.1 Å². The van der Waals surface area contributed by atoms with Crippen molar-refractivity contribution in [3.8, 4) is 11.5 Å². The van der Waals surface area contributed by atoms with Gasteiger partial charge in [-0.3, -0.25) is 14.5 Å². The predicted octanol–water partition coefficient (Wildman–Crippen LogP) is 5.07. The fourth-order valence-electron chi connectivity index (χ4n) is 5.08. The van der Waals surface area contributed by atoms with E-state index >= 15 is 0 Å². The molecule has 2 aromatic carbocycles. The van der Waals surface area contributed by atoms with Crippen molar-refractivity contribution in [2.24, 2.45) is 23.7 Å². The van der Waals surface area contributed by atoms with Crippen LogP contribution in [-0.2, 0) is 9.59 Å². The minimum atomic E-state index is -0.195. The summed E-state index contributed by atoms with van der Waals surface area (Å²) < 4.78 is 5.88.